The van der Waals surface area contributed by atoms with Crippen molar-refractivity contribution < 1.29 is 4.39 Å². The summed E-state index contributed by atoms with van der Waals surface area (Å²) in [5.41, 5.74) is 5.94. The van der Waals surface area contributed by atoms with Crippen LogP contribution in [0.4, 0.5) is 10.2 Å². The Kier molecular flexibility index (Phi) is 2.50. The third-order valence-corrected chi connectivity index (χ3v) is 2.30. The molecule has 0 unspecified atom stereocenters. The Morgan fingerprint density at radius 3 is 2.88 bits per heavy atom. The van der Waals surface area contributed by atoms with E-state index in [4.69, 9.17) is 22.6 Å². The number of aromatic nitrogens is 2. The quantitative estimate of drug-likeness (QED) is 0.825. The Balaban J connectivity index is 2.64. The molecule has 0 amide bonds. The van der Waals surface area contributed by atoms with Crippen molar-refractivity contribution in [1.29, 1.82) is 5.26 Å². The Morgan fingerprint density at radius 1 is 1.50 bits per heavy atom. The molecule has 0 radical (unpaired) electrons. The van der Waals surface area contributed by atoms with Crippen LogP contribution in [0, 0.1) is 17.1 Å². The first-order chi connectivity index (χ1) is 7.63. The van der Waals surface area contributed by atoms with Crippen LogP contribution >= 0.6 is 11.6 Å². The summed E-state index contributed by atoms with van der Waals surface area (Å²) in [5.74, 6) is -0.424. The fraction of sp³-hybridized carbons (Fsp3) is 0. The van der Waals surface area contributed by atoms with Crippen LogP contribution in [0.25, 0.3) is 5.69 Å². The van der Waals surface area contributed by atoms with Crippen LogP contribution in [-0.4, -0.2) is 9.78 Å². The molecule has 1 aromatic carbocycles. The standard InChI is InChI=1S/C10H6ClFN4/c11-7-1-2-8(12)9(3-7)16-10(14)6(4-13)5-15-16/h1-3,5H,14H2. The van der Waals surface area contributed by atoms with E-state index >= 15 is 0 Å². The van der Waals surface area contributed by atoms with Crippen LogP contribution < -0.4 is 5.73 Å². The Morgan fingerprint density at radius 2 is 2.25 bits per heavy atom. The SMILES string of the molecule is N#Cc1cnn(-c2cc(Cl)ccc2F)c1N. The largest absolute Gasteiger partial charge is 0.382 e. The first-order valence-corrected chi connectivity index (χ1v) is 4.70. The van der Waals surface area contributed by atoms with E-state index in [-0.39, 0.29) is 17.1 Å². The van der Waals surface area contributed by atoms with Crippen LogP contribution in [0.2, 0.25) is 5.02 Å². The molecule has 2 aromatic rings. The number of hydrogen-bond donors (Lipinski definition) is 1. The fourth-order valence-electron chi connectivity index (χ4n) is 1.28. The van der Waals surface area contributed by atoms with Gasteiger partial charge in [0.25, 0.3) is 0 Å². The van der Waals surface area contributed by atoms with E-state index in [9.17, 15) is 4.39 Å². The van der Waals surface area contributed by atoms with Crippen LogP contribution in [0.5, 0.6) is 0 Å². The molecule has 6 heteroatoms. The lowest BCUT2D eigenvalue weighted by Gasteiger charge is -2.05. The lowest BCUT2D eigenvalue weighted by atomic mass is 10.3. The first-order valence-electron chi connectivity index (χ1n) is 4.32. The van der Waals surface area contributed by atoms with Gasteiger partial charge in [-0.2, -0.15) is 10.4 Å². The lowest BCUT2D eigenvalue weighted by Crippen LogP contribution is -2.04. The highest BCUT2D eigenvalue weighted by Gasteiger charge is 2.12. The van der Waals surface area contributed by atoms with Gasteiger partial charge in [0, 0.05) is 5.02 Å². The highest BCUT2D eigenvalue weighted by molar-refractivity contribution is 6.30. The number of halogens is 2. The molecule has 0 fully saturated rings. The van der Waals surface area contributed by atoms with Gasteiger partial charge in [-0.25, -0.2) is 9.07 Å². The maximum atomic E-state index is 13.5. The third kappa shape index (κ3) is 1.59. The van der Waals surface area contributed by atoms with Gasteiger partial charge >= 0.3 is 0 Å². The van der Waals surface area contributed by atoms with Crippen molar-refractivity contribution in [3.8, 4) is 11.8 Å². The smallest absolute Gasteiger partial charge is 0.149 e. The van der Waals surface area contributed by atoms with Crippen molar-refractivity contribution >= 4 is 17.4 Å². The Bertz CT molecular complexity index is 585. The highest BCUT2D eigenvalue weighted by Crippen LogP contribution is 2.22. The van der Waals surface area contributed by atoms with Gasteiger partial charge in [0.1, 0.15) is 29.0 Å². The first kappa shape index (κ1) is 10.5. The normalized spacial score (nSPS) is 10.1. The van der Waals surface area contributed by atoms with E-state index < -0.39 is 5.82 Å². The van der Waals surface area contributed by atoms with Gasteiger partial charge in [0.05, 0.1) is 6.20 Å². The van der Waals surface area contributed by atoms with Gasteiger partial charge in [-0.1, -0.05) is 11.6 Å². The predicted molar refractivity (Wildman–Crippen MR) is 57.7 cm³/mol. The van der Waals surface area contributed by atoms with Crippen LogP contribution in [0.1, 0.15) is 5.56 Å². The van der Waals surface area contributed by atoms with Crippen molar-refractivity contribution in [2.45, 2.75) is 0 Å². The number of nitrogen functional groups attached to an aromatic ring is 1. The number of benzene rings is 1. The molecule has 0 aliphatic heterocycles. The van der Waals surface area contributed by atoms with Crippen LogP contribution in [0.15, 0.2) is 24.4 Å². The predicted octanol–water partition coefficient (Wildman–Crippen LogP) is 2.12. The van der Waals surface area contributed by atoms with Crippen LogP contribution in [-0.2, 0) is 0 Å². The number of anilines is 1. The molecule has 0 spiro atoms. The van der Waals surface area contributed by atoms with Crippen molar-refractivity contribution in [2.75, 3.05) is 5.73 Å². The minimum absolute atomic E-state index is 0.0867. The van der Waals surface area contributed by atoms with Crippen molar-refractivity contribution in [3.05, 3.63) is 40.8 Å². The molecule has 4 nitrogen and oxygen atoms in total. The molecule has 1 heterocycles. The minimum atomic E-state index is -0.510. The number of hydrogen-bond acceptors (Lipinski definition) is 3. The van der Waals surface area contributed by atoms with Gasteiger partial charge in [0.2, 0.25) is 0 Å². The van der Waals surface area contributed by atoms with E-state index in [1.54, 1.807) is 0 Å². The monoisotopic (exact) mass is 236 g/mol. The van der Waals surface area contributed by atoms with E-state index in [1.165, 1.54) is 24.4 Å². The number of rotatable bonds is 1. The summed E-state index contributed by atoms with van der Waals surface area (Å²) in [5, 5.41) is 12.9. The molecule has 0 atom stereocenters. The summed E-state index contributed by atoms with van der Waals surface area (Å²) in [6.07, 6.45) is 1.27. The van der Waals surface area contributed by atoms with Crippen molar-refractivity contribution in [1.82, 2.24) is 9.78 Å². The maximum Gasteiger partial charge on any atom is 0.149 e. The second kappa shape index (κ2) is 3.83. The second-order valence-corrected chi connectivity index (χ2v) is 3.50. The zero-order chi connectivity index (χ0) is 11.7. The van der Waals surface area contributed by atoms with E-state index in [0.717, 1.165) is 4.68 Å². The highest BCUT2D eigenvalue weighted by atomic mass is 35.5. The van der Waals surface area contributed by atoms with Gasteiger partial charge in [0.15, 0.2) is 0 Å². The zero-order valence-electron chi connectivity index (χ0n) is 7.98. The summed E-state index contributed by atoms with van der Waals surface area (Å²) in [7, 11) is 0. The van der Waals surface area contributed by atoms with Crippen LogP contribution in [0.3, 0.4) is 0 Å². The molecule has 0 aliphatic rings. The summed E-state index contributed by atoms with van der Waals surface area (Å²) in [6.45, 7) is 0. The average Bonchev–Trinajstić information content (AvgIpc) is 2.63. The molecule has 2 rings (SSSR count). The number of nitrogens with zero attached hydrogens (tertiary/aromatic N) is 3. The van der Waals surface area contributed by atoms with Gasteiger partial charge in [-0.3, -0.25) is 0 Å². The Hall–Kier alpha value is -2.06. The molecule has 1 aromatic heterocycles. The molecule has 16 heavy (non-hydrogen) atoms. The van der Waals surface area contributed by atoms with Crippen molar-refractivity contribution in [3.63, 3.8) is 0 Å². The minimum Gasteiger partial charge on any atom is -0.382 e. The molecule has 0 saturated carbocycles. The number of nitriles is 1. The lowest BCUT2D eigenvalue weighted by molar-refractivity contribution is 0.612. The van der Waals surface area contributed by atoms with E-state index in [2.05, 4.69) is 5.10 Å². The third-order valence-electron chi connectivity index (χ3n) is 2.06. The zero-order valence-corrected chi connectivity index (χ0v) is 8.74. The molecule has 80 valence electrons. The maximum absolute atomic E-state index is 13.5. The molecule has 0 aliphatic carbocycles. The molecule has 2 N–H and O–H groups in total. The van der Waals surface area contributed by atoms with Gasteiger partial charge in [-0.05, 0) is 18.2 Å². The van der Waals surface area contributed by atoms with E-state index in [1.807, 2.05) is 6.07 Å². The summed E-state index contributed by atoms with van der Waals surface area (Å²) < 4.78 is 14.6. The Labute approximate surface area is 95.7 Å². The summed E-state index contributed by atoms with van der Waals surface area (Å²) in [4.78, 5) is 0. The second-order valence-electron chi connectivity index (χ2n) is 3.06. The molecular weight excluding hydrogens is 231 g/mol. The average molecular weight is 237 g/mol. The number of nitrogens with two attached hydrogens (primary N) is 1. The molecule has 0 saturated heterocycles. The summed E-state index contributed by atoms with van der Waals surface area (Å²) >= 11 is 5.75. The fourth-order valence-corrected chi connectivity index (χ4v) is 1.45. The van der Waals surface area contributed by atoms with E-state index in [0.29, 0.717) is 5.02 Å². The van der Waals surface area contributed by atoms with Gasteiger partial charge < -0.3 is 5.73 Å². The topological polar surface area (TPSA) is 67.6 Å². The van der Waals surface area contributed by atoms with Gasteiger partial charge in [-0.15, -0.1) is 0 Å². The molecular formula is C10H6ClFN4. The molecule has 0 bridgehead atoms. The summed E-state index contributed by atoms with van der Waals surface area (Å²) in [6, 6.07) is 5.88. The van der Waals surface area contributed by atoms with Crippen molar-refractivity contribution in [2.24, 2.45) is 0 Å².